The van der Waals surface area contributed by atoms with Crippen molar-refractivity contribution in [2.75, 3.05) is 13.1 Å². The molecule has 0 bridgehead atoms. The standard InChI is InChI=1S/C17H23N5O/c1-3-22-17(6-7-20-22)16-11-18-15(10-19-16)9-14-5-4-8-21(12-14)13(2)23/h6-7,10-11,14H,3-5,8-9,12H2,1-2H3. The molecule has 2 aromatic rings. The van der Waals surface area contributed by atoms with E-state index in [0.717, 1.165) is 56.0 Å². The number of amides is 1. The van der Waals surface area contributed by atoms with E-state index in [1.54, 1.807) is 13.1 Å². The largest absolute Gasteiger partial charge is 0.343 e. The highest BCUT2D eigenvalue weighted by Crippen LogP contribution is 2.21. The maximum atomic E-state index is 11.5. The smallest absolute Gasteiger partial charge is 0.219 e. The van der Waals surface area contributed by atoms with Crippen LogP contribution in [0.15, 0.2) is 24.7 Å². The van der Waals surface area contributed by atoms with Crippen LogP contribution in [0.25, 0.3) is 11.4 Å². The summed E-state index contributed by atoms with van der Waals surface area (Å²) in [7, 11) is 0. The quantitative estimate of drug-likeness (QED) is 0.867. The number of rotatable bonds is 4. The van der Waals surface area contributed by atoms with E-state index in [4.69, 9.17) is 0 Å². The number of nitrogens with zero attached hydrogens (tertiary/aromatic N) is 5. The number of carbonyl (C=O) groups is 1. The van der Waals surface area contributed by atoms with Crippen molar-refractivity contribution in [1.29, 1.82) is 0 Å². The van der Waals surface area contributed by atoms with Crippen molar-refractivity contribution in [3.05, 3.63) is 30.4 Å². The molecule has 1 fully saturated rings. The van der Waals surface area contributed by atoms with Crippen LogP contribution in [-0.2, 0) is 17.8 Å². The van der Waals surface area contributed by atoms with Crippen molar-refractivity contribution in [3.8, 4) is 11.4 Å². The van der Waals surface area contributed by atoms with Crippen LogP contribution in [0.3, 0.4) is 0 Å². The van der Waals surface area contributed by atoms with Gasteiger partial charge in [0.1, 0.15) is 5.69 Å². The molecule has 0 spiro atoms. The fourth-order valence-corrected chi connectivity index (χ4v) is 3.21. The van der Waals surface area contributed by atoms with E-state index in [0.29, 0.717) is 5.92 Å². The molecule has 2 aromatic heterocycles. The van der Waals surface area contributed by atoms with E-state index in [2.05, 4.69) is 22.0 Å². The van der Waals surface area contributed by atoms with Gasteiger partial charge in [0.15, 0.2) is 0 Å². The maximum absolute atomic E-state index is 11.5. The van der Waals surface area contributed by atoms with Gasteiger partial charge in [-0.15, -0.1) is 0 Å². The number of aryl methyl sites for hydroxylation is 1. The lowest BCUT2D eigenvalue weighted by atomic mass is 9.93. The van der Waals surface area contributed by atoms with E-state index in [9.17, 15) is 4.79 Å². The zero-order valence-corrected chi connectivity index (χ0v) is 13.8. The highest BCUT2D eigenvalue weighted by Gasteiger charge is 2.22. The summed E-state index contributed by atoms with van der Waals surface area (Å²) in [6.45, 7) is 6.24. The summed E-state index contributed by atoms with van der Waals surface area (Å²) in [6, 6.07) is 1.96. The summed E-state index contributed by atoms with van der Waals surface area (Å²) >= 11 is 0. The Labute approximate surface area is 136 Å². The van der Waals surface area contributed by atoms with Gasteiger partial charge < -0.3 is 4.90 Å². The Morgan fingerprint density at radius 1 is 1.35 bits per heavy atom. The highest BCUT2D eigenvalue weighted by atomic mass is 16.2. The van der Waals surface area contributed by atoms with Crippen molar-refractivity contribution in [1.82, 2.24) is 24.6 Å². The van der Waals surface area contributed by atoms with Crippen LogP contribution >= 0.6 is 0 Å². The minimum absolute atomic E-state index is 0.170. The van der Waals surface area contributed by atoms with Crippen LogP contribution in [0.1, 0.15) is 32.4 Å². The summed E-state index contributed by atoms with van der Waals surface area (Å²) < 4.78 is 1.91. The second-order valence-electron chi connectivity index (χ2n) is 6.10. The molecule has 1 aliphatic heterocycles. The van der Waals surface area contributed by atoms with Crippen molar-refractivity contribution >= 4 is 5.91 Å². The Bertz CT molecular complexity index is 664. The first kappa shape index (κ1) is 15.6. The van der Waals surface area contributed by atoms with Crippen LogP contribution in [0.4, 0.5) is 0 Å². The van der Waals surface area contributed by atoms with Gasteiger partial charge in [-0.05, 0) is 38.2 Å². The predicted octanol–water partition coefficient (Wildman–Crippen LogP) is 2.16. The molecule has 6 heteroatoms. The van der Waals surface area contributed by atoms with Gasteiger partial charge >= 0.3 is 0 Å². The second kappa shape index (κ2) is 6.89. The first-order chi connectivity index (χ1) is 11.2. The minimum atomic E-state index is 0.170. The third-order valence-corrected chi connectivity index (χ3v) is 4.45. The summed E-state index contributed by atoms with van der Waals surface area (Å²) in [4.78, 5) is 22.6. The van der Waals surface area contributed by atoms with Gasteiger partial charge in [-0.3, -0.25) is 19.4 Å². The summed E-state index contributed by atoms with van der Waals surface area (Å²) in [6.07, 6.45) is 8.57. The van der Waals surface area contributed by atoms with Gasteiger partial charge in [-0.1, -0.05) is 0 Å². The Morgan fingerprint density at radius 3 is 2.91 bits per heavy atom. The molecule has 6 nitrogen and oxygen atoms in total. The van der Waals surface area contributed by atoms with Gasteiger partial charge in [0.2, 0.25) is 5.91 Å². The topological polar surface area (TPSA) is 63.9 Å². The van der Waals surface area contributed by atoms with Crippen molar-refractivity contribution in [2.24, 2.45) is 5.92 Å². The van der Waals surface area contributed by atoms with Gasteiger partial charge in [0.25, 0.3) is 0 Å². The lowest BCUT2D eigenvalue weighted by molar-refractivity contribution is -0.130. The van der Waals surface area contributed by atoms with E-state index in [-0.39, 0.29) is 5.91 Å². The fourth-order valence-electron chi connectivity index (χ4n) is 3.21. The van der Waals surface area contributed by atoms with Crippen molar-refractivity contribution in [2.45, 2.75) is 39.7 Å². The zero-order valence-electron chi connectivity index (χ0n) is 13.8. The molecule has 3 heterocycles. The van der Waals surface area contributed by atoms with Gasteiger partial charge in [0, 0.05) is 39.0 Å². The predicted molar refractivity (Wildman–Crippen MR) is 87.6 cm³/mol. The minimum Gasteiger partial charge on any atom is -0.343 e. The molecule has 1 amide bonds. The molecule has 0 N–H and O–H groups in total. The maximum Gasteiger partial charge on any atom is 0.219 e. The van der Waals surface area contributed by atoms with E-state index < -0.39 is 0 Å². The molecule has 1 saturated heterocycles. The number of likely N-dealkylation sites (tertiary alicyclic amines) is 1. The van der Waals surface area contributed by atoms with E-state index in [1.807, 2.05) is 28.0 Å². The van der Waals surface area contributed by atoms with E-state index >= 15 is 0 Å². The molecule has 0 saturated carbocycles. The van der Waals surface area contributed by atoms with Crippen molar-refractivity contribution < 1.29 is 4.79 Å². The number of aromatic nitrogens is 4. The third kappa shape index (κ3) is 3.57. The van der Waals surface area contributed by atoms with Gasteiger partial charge in [-0.2, -0.15) is 5.10 Å². The highest BCUT2D eigenvalue weighted by molar-refractivity contribution is 5.73. The molecular formula is C17H23N5O. The summed E-state index contributed by atoms with van der Waals surface area (Å²) in [5.74, 6) is 0.651. The molecule has 0 aliphatic carbocycles. The third-order valence-electron chi connectivity index (χ3n) is 4.45. The Morgan fingerprint density at radius 2 is 2.22 bits per heavy atom. The van der Waals surface area contributed by atoms with Gasteiger partial charge in [0.05, 0.1) is 17.6 Å². The van der Waals surface area contributed by atoms with Crippen LogP contribution in [-0.4, -0.2) is 43.6 Å². The normalized spacial score (nSPS) is 18.2. The van der Waals surface area contributed by atoms with Crippen molar-refractivity contribution in [3.63, 3.8) is 0 Å². The van der Waals surface area contributed by atoms with Crippen LogP contribution in [0, 0.1) is 5.92 Å². The Hall–Kier alpha value is -2.24. The van der Waals surface area contributed by atoms with Gasteiger partial charge in [-0.25, -0.2) is 0 Å². The number of carbonyl (C=O) groups excluding carboxylic acids is 1. The molecule has 0 aromatic carbocycles. The molecule has 1 atom stereocenters. The second-order valence-corrected chi connectivity index (χ2v) is 6.10. The summed E-state index contributed by atoms with van der Waals surface area (Å²) in [5.41, 5.74) is 2.83. The Kier molecular flexibility index (Phi) is 4.69. The first-order valence-corrected chi connectivity index (χ1v) is 8.26. The molecule has 0 radical (unpaired) electrons. The molecule has 3 rings (SSSR count). The monoisotopic (exact) mass is 313 g/mol. The lowest BCUT2D eigenvalue weighted by Gasteiger charge is -2.31. The number of piperidine rings is 1. The van der Waals surface area contributed by atoms with Crippen LogP contribution in [0.5, 0.6) is 0 Å². The lowest BCUT2D eigenvalue weighted by Crippen LogP contribution is -2.39. The average molecular weight is 313 g/mol. The van der Waals surface area contributed by atoms with Crippen LogP contribution in [0.2, 0.25) is 0 Å². The molecule has 122 valence electrons. The average Bonchev–Trinajstić information content (AvgIpc) is 3.04. The number of hydrogen-bond acceptors (Lipinski definition) is 4. The number of hydrogen-bond donors (Lipinski definition) is 0. The van der Waals surface area contributed by atoms with Crippen LogP contribution < -0.4 is 0 Å². The molecule has 1 unspecified atom stereocenters. The first-order valence-electron chi connectivity index (χ1n) is 8.26. The fraction of sp³-hybridized carbons (Fsp3) is 0.529. The Balaban J connectivity index is 1.67. The summed E-state index contributed by atoms with van der Waals surface area (Å²) in [5, 5.41) is 4.26. The van der Waals surface area contributed by atoms with E-state index in [1.165, 1.54) is 0 Å². The molecule has 23 heavy (non-hydrogen) atoms. The zero-order chi connectivity index (χ0) is 16.2. The SMILES string of the molecule is CCn1nccc1-c1cnc(CC2CCCN(C(C)=O)C2)cn1. The molecular weight excluding hydrogens is 290 g/mol. The molecule has 1 aliphatic rings.